The summed E-state index contributed by atoms with van der Waals surface area (Å²) in [7, 11) is 0. The highest BCUT2D eigenvalue weighted by molar-refractivity contribution is 6.36. The number of rotatable bonds is 3. The summed E-state index contributed by atoms with van der Waals surface area (Å²) in [6.07, 6.45) is 1.99. The Bertz CT molecular complexity index is 718. The second kappa shape index (κ2) is 5.98. The first-order valence-electron chi connectivity index (χ1n) is 6.63. The molecule has 0 spiro atoms. The molecule has 3 rings (SSSR count). The highest BCUT2D eigenvalue weighted by Gasteiger charge is 2.34. The molecule has 1 saturated heterocycles. The quantitative estimate of drug-likeness (QED) is 0.900. The number of hydrogen-bond donors (Lipinski definition) is 2. The number of nitrogens with one attached hydrogen (secondary N) is 2. The molecule has 0 saturated carbocycles. The van der Waals surface area contributed by atoms with Crippen molar-refractivity contribution in [1.29, 1.82) is 0 Å². The van der Waals surface area contributed by atoms with Gasteiger partial charge in [-0.15, -0.1) is 0 Å². The van der Waals surface area contributed by atoms with Gasteiger partial charge in [0.15, 0.2) is 0 Å². The van der Waals surface area contributed by atoms with E-state index in [1.54, 1.807) is 29.2 Å². The molecular weight excluding hydrogens is 327 g/mol. The van der Waals surface area contributed by atoms with Gasteiger partial charge in [-0.3, -0.25) is 14.7 Å². The van der Waals surface area contributed by atoms with Crippen LogP contribution < -0.4 is 10.2 Å². The van der Waals surface area contributed by atoms with Gasteiger partial charge >= 0.3 is 0 Å². The summed E-state index contributed by atoms with van der Waals surface area (Å²) < 4.78 is 0. The number of halogens is 2. The Hall–Kier alpha value is -2.05. The Morgan fingerprint density at radius 2 is 2.18 bits per heavy atom. The van der Waals surface area contributed by atoms with Crippen LogP contribution in [0.1, 0.15) is 16.9 Å². The Morgan fingerprint density at radius 3 is 2.86 bits per heavy atom. The maximum atomic E-state index is 12.4. The standard InChI is InChI=1S/C14H12Cl2N4O2/c15-8-1-2-12(9(16)7-8)20-6-4-11(14(20)22)18-13(21)10-3-5-17-19-10/h1-3,5,7,11H,4,6H2,(H,17,19)(H,18,21)/t11-/m0/s1. The average Bonchev–Trinajstić information content (AvgIpc) is 3.11. The first kappa shape index (κ1) is 14.9. The highest BCUT2D eigenvalue weighted by atomic mass is 35.5. The molecule has 0 unspecified atom stereocenters. The molecule has 22 heavy (non-hydrogen) atoms. The van der Waals surface area contributed by atoms with Gasteiger partial charge in [-0.05, 0) is 30.7 Å². The number of anilines is 1. The van der Waals surface area contributed by atoms with Gasteiger partial charge in [0.2, 0.25) is 5.91 Å². The number of amides is 2. The van der Waals surface area contributed by atoms with Crippen molar-refractivity contribution < 1.29 is 9.59 Å². The molecule has 114 valence electrons. The molecule has 1 aliphatic rings. The molecule has 1 aliphatic heterocycles. The summed E-state index contributed by atoms with van der Waals surface area (Å²) in [5, 5.41) is 9.87. The summed E-state index contributed by atoms with van der Waals surface area (Å²) in [6, 6.07) is 5.92. The van der Waals surface area contributed by atoms with E-state index in [-0.39, 0.29) is 11.8 Å². The van der Waals surface area contributed by atoms with Crippen LogP contribution in [0.3, 0.4) is 0 Å². The van der Waals surface area contributed by atoms with Crippen LogP contribution in [0.15, 0.2) is 30.5 Å². The van der Waals surface area contributed by atoms with Gasteiger partial charge in [0, 0.05) is 17.8 Å². The van der Waals surface area contributed by atoms with Gasteiger partial charge in [0.1, 0.15) is 11.7 Å². The van der Waals surface area contributed by atoms with Crippen LogP contribution in [0.4, 0.5) is 5.69 Å². The molecule has 0 aliphatic carbocycles. The van der Waals surface area contributed by atoms with E-state index in [4.69, 9.17) is 23.2 Å². The van der Waals surface area contributed by atoms with Gasteiger partial charge in [0.25, 0.3) is 5.91 Å². The lowest BCUT2D eigenvalue weighted by atomic mass is 10.2. The average molecular weight is 339 g/mol. The molecule has 2 heterocycles. The van der Waals surface area contributed by atoms with E-state index in [1.807, 2.05) is 0 Å². The van der Waals surface area contributed by atoms with Crippen molar-refractivity contribution in [3.05, 3.63) is 46.2 Å². The lowest BCUT2D eigenvalue weighted by molar-refractivity contribution is -0.118. The van der Waals surface area contributed by atoms with Gasteiger partial charge in [-0.1, -0.05) is 23.2 Å². The van der Waals surface area contributed by atoms with Crippen molar-refractivity contribution in [3.63, 3.8) is 0 Å². The van der Waals surface area contributed by atoms with Crippen molar-refractivity contribution in [2.24, 2.45) is 0 Å². The molecule has 1 atom stereocenters. The number of carbonyl (C=O) groups is 2. The van der Waals surface area contributed by atoms with Crippen molar-refractivity contribution in [2.45, 2.75) is 12.5 Å². The minimum atomic E-state index is -0.581. The SMILES string of the molecule is O=C(N[C@H]1CCN(c2ccc(Cl)cc2Cl)C1=O)c1ccn[nH]1. The Morgan fingerprint density at radius 1 is 1.36 bits per heavy atom. The summed E-state index contributed by atoms with van der Waals surface area (Å²) in [5.41, 5.74) is 0.908. The van der Waals surface area contributed by atoms with E-state index in [2.05, 4.69) is 15.5 Å². The van der Waals surface area contributed by atoms with Crippen molar-refractivity contribution in [3.8, 4) is 0 Å². The third kappa shape index (κ3) is 2.80. The van der Waals surface area contributed by atoms with Crippen molar-refractivity contribution in [1.82, 2.24) is 15.5 Å². The van der Waals surface area contributed by atoms with Crippen LogP contribution in [0.2, 0.25) is 10.0 Å². The van der Waals surface area contributed by atoms with Gasteiger partial charge < -0.3 is 10.2 Å². The first-order valence-corrected chi connectivity index (χ1v) is 7.38. The number of benzene rings is 1. The molecule has 1 fully saturated rings. The van der Waals surface area contributed by atoms with E-state index in [1.165, 1.54) is 6.20 Å². The van der Waals surface area contributed by atoms with E-state index in [0.717, 1.165) is 0 Å². The summed E-state index contributed by atoms with van der Waals surface area (Å²) in [4.78, 5) is 26.0. The fraction of sp³-hybridized carbons (Fsp3) is 0.214. The third-order valence-electron chi connectivity index (χ3n) is 3.46. The summed E-state index contributed by atoms with van der Waals surface area (Å²) >= 11 is 12.0. The van der Waals surface area contributed by atoms with Crippen LogP contribution in [0.5, 0.6) is 0 Å². The second-order valence-electron chi connectivity index (χ2n) is 4.87. The van der Waals surface area contributed by atoms with E-state index in [9.17, 15) is 9.59 Å². The van der Waals surface area contributed by atoms with Crippen LogP contribution in [-0.4, -0.2) is 34.6 Å². The normalized spacial score (nSPS) is 17.8. The van der Waals surface area contributed by atoms with Crippen molar-refractivity contribution in [2.75, 3.05) is 11.4 Å². The van der Waals surface area contributed by atoms with Gasteiger partial charge in [-0.2, -0.15) is 5.10 Å². The number of nitrogens with zero attached hydrogens (tertiary/aromatic N) is 2. The molecule has 1 aromatic heterocycles. The van der Waals surface area contributed by atoms with Crippen LogP contribution in [-0.2, 0) is 4.79 Å². The Labute approximate surface area is 136 Å². The molecule has 2 aromatic rings. The topological polar surface area (TPSA) is 78.1 Å². The maximum Gasteiger partial charge on any atom is 0.269 e. The molecule has 0 bridgehead atoms. The number of aromatic nitrogens is 2. The monoisotopic (exact) mass is 338 g/mol. The predicted molar refractivity (Wildman–Crippen MR) is 83.3 cm³/mol. The van der Waals surface area contributed by atoms with Crippen LogP contribution in [0.25, 0.3) is 0 Å². The highest BCUT2D eigenvalue weighted by Crippen LogP contribution is 2.31. The van der Waals surface area contributed by atoms with Gasteiger partial charge in [0.05, 0.1) is 10.7 Å². The molecule has 8 heteroatoms. The summed E-state index contributed by atoms with van der Waals surface area (Å²) in [5.74, 6) is -0.558. The molecule has 1 aromatic carbocycles. The lowest BCUT2D eigenvalue weighted by Gasteiger charge is -2.18. The maximum absolute atomic E-state index is 12.4. The second-order valence-corrected chi connectivity index (χ2v) is 5.71. The zero-order valence-corrected chi connectivity index (χ0v) is 12.9. The van der Waals surface area contributed by atoms with Gasteiger partial charge in [-0.25, -0.2) is 0 Å². The van der Waals surface area contributed by atoms with E-state index < -0.39 is 6.04 Å². The van der Waals surface area contributed by atoms with Crippen LogP contribution in [0, 0.1) is 0 Å². The fourth-order valence-electron chi connectivity index (χ4n) is 2.37. The number of hydrogen-bond acceptors (Lipinski definition) is 3. The van der Waals surface area contributed by atoms with Crippen molar-refractivity contribution >= 4 is 40.7 Å². The Kier molecular flexibility index (Phi) is 4.04. The smallest absolute Gasteiger partial charge is 0.269 e. The van der Waals surface area contributed by atoms with E-state index in [0.29, 0.717) is 34.4 Å². The summed E-state index contributed by atoms with van der Waals surface area (Å²) in [6.45, 7) is 0.480. The van der Waals surface area contributed by atoms with Crippen LogP contribution >= 0.6 is 23.2 Å². The number of H-pyrrole nitrogens is 1. The molecule has 6 nitrogen and oxygen atoms in total. The Balaban J connectivity index is 1.73. The minimum Gasteiger partial charge on any atom is -0.339 e. The number of aromatic amines is 1. The first-order chi connectivity index (χ1) is 10.6. The predicted octanol–water partition coefficient (Wildman–Crippen LogP) is 2.25. The third-order valence-corrected chi connectivity index (χ3v) is 3.99. The molecular formula is C14H12Cl2N4O2. The molecule has 2 N–H and O–H groups in total. The molecule has 0 radical (unpaired) electrons. The zero-order chi connectivity index (χ0) is 15.7. The molecule has 2 amide bonds. The largest absolute Gasteiger partial charge is 0.339 e. The fourth-order valence-corrected chi connectivity index (χ4v) is 2.88. The minimum absolute atomic E-state index is 0.197. The zero-order valence-electron chi connectivity index (χ0n) is 11.3. The lowest BCUT2D eigenvalue weighted by Crippen LogP contribution is -2.41. The van der Waals surface area contributed by atoms with E-state index >= 15 is 0 Å². The number of carbonyl (C=O) groups excluding carboxylic acids is 2.